The van der Waals surface area contributed by atoms with Gasteiger partial charge in [-0.2, -0.15) is 5.10 Å². The highest BCUT2D eigenvalue weighted by Gasteiger charge is 2.22. The van der Waals surface area contributed by atoms with E-state index in [1.807, 2.05) is 6.20 Å². The molecule has 1 aromatic heterocycles. The molecule has 2 rings (SSSR count). The Balaban J connectivity index is 1.92. The first-order valence-corrected chi connectivity index (χ1v) is 4.47. The van der Waals surface area contributed by atoms with E-state index in [1.54, 1.807) is 0 Å². The maximum Gasteiger partial charge on any atom is 0.0535 e. The van der Waals surface area contributed by atoms with Crippen molar-refractivity contribution in [2.45, 2.75) is 20.4 Å². The van der Waals surface area contributed by atoms with E-state index in [1.165, 1.54) is 24.3 Å². The lowest BCUT2D eigenvalue weighted by atomic mass is 10.0. The van der Waals surface area contributed by atoms with Crippen molar-refractivity contribution in [1.29, 1.82) is 0 Å². The minimum absolute atomic E-state index is 0.886. The molecule has 3 nitrogen and oxygen atoms in total. The summed E-state index contributed by atoms with van der Waals surface area (Å²) in [7, 11) is 0. The quantitative estimate of drug-likeness (QED) is 0.713. The van der Waals surface area contributed by atoms with E-state index in [0.717, 1.165) is 12.5 Å². The summed E-state index contributed by atoms with van der Waals surface area (Å²) < 4.78 is 0. The molecule has 1 saturated heterocycles. The fourth-order valence-electron chi connectivity index (χ4n) is 1.73. The van der Waals surface area contributed by atoms with Gasteiger partial charge in [0, 0.05) is 30.9 Å². The first-order chi connectivity index (χ1) is 5.75. The molecule has 0 atom stereocenters. The Hall–Kier alpha value is -0.830. The van der Waals surface area contributed by atoms with Crippen LogP contribution in [0.25, 0.3) is 0 Å². The highest BCUT2D eigenvalue weighted by molar-refractivity contribution is 5.14. The molecule has 3 heteroatoms. The van der Waals surface area contributed by atoms with E-state index in [4.69, 9.17) is 0 Å². The monoisotopic (exact) mass is 165 g/mol. The van der Waals surface area contributed by atoms with Crippen LogP contribution in [0, 0.1) is 12.8 Å². The molecule has 1 N–H and O–H groups in total. The number of likely N-dealkylation sites (tertiary alicyclic amines) is 1. The van der Waals surface area contributed by atoms with Crippen molar-refractivity contribution >= 4 is 0 Å². The van der Waals surface area contributed by atoms with Crippen LogP contribution in [-0.4, -0.2) is 28.2 Å². The molecule has 1 aliphatic heterocycles. The van der Waals surface area contributed by atoms with Crippen molar-refractivity contribution in [1.82, 2.24) is 15.1 Å². The summed E-state index contributed by atoms with van der Waals surface area (Å²) in [5.74, 6) is 0.886. The molecule has 2 heterocycles. The van der Waals surface area contributed by atoms with Crippen LogP contribution in [-0.2, 0) is 6.54 Å². The lowest BCUT2D eigenvalue weighted by molar-refractivity contribution is 0.105. The van der Waals surface area contributed by atoms with Crippen LogP contribution in [0.5, 0.6) is 0 Å². The van der Waals surface area contributed by atoms with Gasteiger partial charge in [0.05, 0.1) is 6.20 Å². The fourth-order valence-corrected chi connectivity index (χ4v) is 1.73. The molecule has 0 radical (unpaired) electrons. The van der Waals surface area contributed by atoms with Gasteiger partial charge in [-0.05, 0) is 12.8 Å². The highest BCUT2D eigenvalue weighted by Crippen LogP contribution is 2.18. The Kier molecular flexibility index (Phi) is 1.89. The Morgan fingerprint density at radius 3 is 2.92 bits per heavy atom. The number of aromatic amines is 1. The van der Waals surface area contributed by atoms with Crippen molar-refractivity contribution in [3.05, 3.63) is 17.5 Å². The minimum Gasteiger partial charge on any atom is -0.298 e. The van der Waals surface area contributed by atoms with Gasteiger partial charge in [0.25, 0.3) is 0 Å². The van der Waals surface area contributed by atoms with Gasteiger partial charge >= 0.3 is 0 Å². The summed E-state index contributed by atoms with van der Waals surface area (Å²) in [5.41, 5.74) is 2.54. The third kappa shape index (κ3) is 1.37. The SMILES string of the molecule is Cc1[nH]ncc1CN1CC(C)C1. The second-order valence-corrected chi connectivity index (χ2v) is 3.82. The molecule has 66 valence electrons. The molecule has 0 spiro atoms. The van der Waals surface area contributed by atoms with Crippen LogP contribution in [0.1, 0.15) is 18.2 Å². The number of hydrogen-bond donors (Lipinski definition) is 1. The molecule has 1 aliphatic rings. The van der Waals surface area contributed by atoms with Crippen LogP contribution in [0.15, 0.2) is 6.20 Å². The molecule has 0 aromatic carbocycles. The molecule has 0 aliphatic carbocycles. The highest BCUT2D eigenvalue weighted by atomic mass is 15.2. The van der Waals surface area contributed by atoms with Gasteiger partial charge in [-0.25, -0.2) is 0 Å². The van der Waals surface area contributed by atoms with Crippen LogP contribution >= 0.6 is 0 Å². The second kappa shape index (κ2) is 2.90. The third-order valence-corrected chi connectivity index (χ3v) is 2.47. The first-order valence-electron chi connectivity index (χ1n) is 4.47. The third-order valence-electron chi connectivity index (χ3n) is 2.47. The predicted octanol–water partition coefficient (Wildman–Crippen LogP) is 1.17. The maximum absolute atomic E-state index is 4.00. The van der Waals surface area contributed by atoms with Crippen LogP contribution in [0.2, 0.25) is 0 Å². The van der Waals surface area contributed by atoms with Gasteiger partial charge in [0.2, 0.25) is 0 Å². The standard InChI is InChI=1S/C9H15N3/c1-7-4-12(5-7)6-9-3-10-11-8(9)2/h3,7H,4-6H2,1-2H3,(H,10,11). The van der Waals surface area contributed by atoms with E-state index >= 15 is 0 Å². The summed E-state index contributed by atoms with van der Waals surface area (Å²) in [6.07, 6.45) is 1.93. The first kappa shape index (κ1) is 7.80. The Bertz CT molecular complexity index is 260. The second-order valence-electron chi connectivity index (χ2n) is 3.82. The minimum atomic E-state index is 0.886. The van der Waals surface area contributed by atoms with E-state index in [9.17, 15) is 0 Å². The van der Waals surface area contributed by atoms with Gasteiger partial charge in [0.15, 0.2) is 0 Å². The van der Waals surface area contributed by atoms with E-state index < -0.39 is 0 Å². The molecule has 0 unspecified atom stereocenters. The van der Waals surface area contributed by atoms with Crippen molar-refractivity contribution in [3.63, 3.8) is 0 Å². The van der Waals surface area contributed by atoms with Gasteiger partial charge < -0.3 is 0 Å². The number of H-pyrrole nitrogens is 1. The van der Waals surface area contributed by atoms with Gasteiger partial charge in [0.1, 0.15) is 0 Å². The lowest BCUT2D eigenvalue weighted by Crippen LogP contribution is -2.44. The zero-order valence-corrected chi connectivity index (χ0v) is 7.67. The average molecular weight is 165 g/mol. The zero-order valence-electron chi connectivity index (χ0n) is 7.67. The molecule has 1 aromatic rings. The van der Waals surface area contributed by atoms with Crippen LogP contribution in [0.4, 0.5) is 0 Å². The van der Waals surface area contributed by atoms with Crippen LogP contribution in [0.3, 0.4) is 0 Å². The molecule has 0 bridgehead atoms. The van der Waals surface area contributed by atoms with Gasteiger partial charge in [-0.3, -0.25) is 10.00 Å². The van der Waals surface area contributed by atoms with Crippen LogP contribution < -0.4 is 0 Å². The van der Waals surface area contributed by atoms with Gasteiger partial charge in [-0.1, -0.05) is 6.92 Å². The van der Waals surface area contributed by atoms with E-state index in [2.05, 4.69) is 28.9 Å². The number of nitrogens with zero attached hydrogens (tertiary/aromatic N) is 2. The predicted molar refractivity (Wildman–Crippen MR) is 47.8 cm³/mol. The summed E-state index contributed by atoms with van der Waals surface area (Å²) in [4.78, 5) is 2.45. The topological polar surface area (TPSA) is 31.9 Å². The number of hydrogen-bond acceptors (Lipinski definition) is 2. The number of aromatic nitrogens is 2. The number of nitrogens with one attached hydrogen (secondary N) is 1. The van der Waals surface area contributed by atoms with Gasteiger partial charge in [-0.15, -0.1) is 0 Å². The lowest BCUT2D eigenvalue weighted by Gasteiger charge is -2.36. The normalized spacial score (nSPS) is 19.5. The zero-order chi connectivity index (χ0) is 8.55. The number of rotatable bonds is 2. The fraction of sp³-hybridized carbons (Fsp3) is 0.667. The van der Waals surface area contributed by atoms with Crippen molar-refractivity contribution in [2.75, 3.05) is 13.1 Å². The average Bonchev–Trinajstić information content (AvgIpc) is 2.33. The summed E-state index contributed by atoms with van der Waals surface area (Å²) in [6.45, 7) is 7.91. The summed E-state index contributed by atoms with van der Waals surface area (Å²) in [6, 6.07) is 0. The molecular weight excluding hydrogens is 150 g/mol. The largest absolute Gasteiger partial charge is 0.298 e. The summed E-state index contributed by atoms with van der Waals surface area (Å²) >= 11 is 0. The summed E-state index contributed by atoms with van der Waals surface area (Å²) in [5, 5.41) is 6.96. The Labute approximate surface area is 72.8 Å². The molecule has 12 heavy (non-hydrogen) atoms. The Morgan fingerprint density at radius 1 is 1.67 bits per heavy atom. The van der Waals surface area contributed by atoms with Crippen molar-refractivity contribution in [2.24, 2.45) is 5.92 Å². The Morgan fingerprint density at radius 2 is 2.42 bits per heavy atom. The smallest absolute Gasteiger partial charge is 0.0535 e. The number of aryl methyl sites for hydroxylation is 1. The van der Waals surface area contributed by atoms with E-state index in [-0.39, 0.29) is 0 Å². The molecule has 0 saturated carbocycles. The van der Waals surface area contributed by atoms with Crippen molar-refractivity contribution < 1.29 is 0 Å². The van der Waals surface area contributed by atoms with Crippen molar-refractivity contribution in [3.8, 4) is 0 Å². The maximum atomic E-state index is 4.00. The van der Waals surface area contributed by atoms with E-state index in [0.29, 0.717) is 0 Å². The molecule has 0 amide bonds. The molecule has 1 fully saturated rings. The molecular formula is C9H15N3.